The van der Waals surface area contributed by atoms with Crippen molar-refractivity contribution in [3.63, 3.8) is 0 Å². The third-order valence-corrected chi connectivity index (χ3v) is 5.69. The average Bonchev–Trinajstić information content (AvgIpc) is 3.06. The monoisotopic (exact) mass is 441 g/mol. The van der Waals surface area contributed by atoms with E-state index in [2.05, 4.69) is 5.32 Å². The van der Waals surface area contributed by atoms with Gasteiger partial charge in [0.2, 0.25) is 5.91 Å². The number of hydrogen-bond donors (Lipinski definition) is 1. The van der Waals surface area contributed by atoms with Gasteiger partial charge in [0.15, 0.2) is 0 Å². The fraction of sp³-hybridized carbons (Fsp3) is 0.250. The molecule has 0 aliphatic heterocycles. The Morgan fingerprint density at radius 1 is 1.10 bits per heavy atom. The van der Waals surface area contributed by atoms with Crippen molar-refractivity contribution in [2.75, 3.05) is 19.0 Å². The lowest BCUT2D eigenvalue weighted by Crippen LogP contribution is -2.15. The molecule has 31 heavy (non-hydrogen) atoms. The van der Waals surface area contributed by atoms with E-state index in [1.54, 1.807) is 12.1 Å². The smallest absolute Gasteiger partial charge is 0.341 e. The van der Waals surface area contributed by atoms with Gasteiger partial charge < -0.3 is 14.8 Å². The Kier molecular flexibility index (Phi) is 7.41. The minimum atomic E-state index is -0.554. The summed E-state index contributed by atoms with van der Waals surface area (Å²) in [4.78, 5) is 25.8. The van der Waals surface area contributed by atoms with E-state index in [0.29, 0.717) is 29.2 Å². The molecule has 0 radical (unpaired) electrons. The summed E-state index contributed by atoms with van der Waals surface area (Å²) in [5.74, 6) is -0.365. The summed E-state index contributed by atoms with van der Waals surface area (Å²) in [5, 5.41) is 3.25. The van der Waals surface area contributed by atoms with E-state index in [0.717, 1.165) is 16.2 Å². The van der Waals surface area contributed by atoms with Crippen molar-refractivity contribution in [1.29, 1.82) is 0 Å². The van der Waals surface area contributed by atoms with Crippen LogP contribution in [0.2, 0.25) is 0 Å². The van der Waals surface area contributed by atoms with Crippen molar-refractivity contribution in [3.05, 3.63) is 70.4 Å². The van der Waals surface area contributed by atoms with Crippen molar-refractivity contribution in [2.45, 2.75) is 26.7 Å². The number of esters is 1. The molecule has 0 aliphatic carbocycles. The molecule has 0 bridgehead atoms. The normalized spacial score (nSPS) is 10.6. The van der Waals surface area contributed by atoms with Crippen molar-refractivity contribution in [3.8, 4) is 16.9 Å². The third kappa shape index (κ3) is 5.70. The van der Waals surface area contributed by atoms with Crippen LogP contribution in [-0.4, -0.2) is 25.6 Å². The highest BCUT2D eigenvalue weighted by molar-refractivity contribution is 7.17. The van der Waals surface area contributed by atoms with E-state index < -0.39 is 5.97 Å². The fourth-order valence-electron chi connectivity index (χ4n) is 3.21. The van der Waals surface area contributed by atoms with Gasteiger partial charge >= 0.3 is 5.97 Å². The Balaban J connectivity index is 1.69. The molecule has 0 unspecified atom stereocenters. The predicted octanol–water partition coefficient (Wildman–Crippen LogP) is 5.76. The van der Waals surface area contributed by atoms with E-state index >= 15 is 0 Å². The molecule has 162 valence electrons. The Bertz CT molecular complexity index is 1080. The van der Waals surface area contributed by atoms with Gasteiger partial charge in [-0.3, -0.25) is 4.79 Å². The van der Waals surface area contributed by atoms with Gasteiger partial charge in [-0.05, 0) is 55.7 Å². The van der Waals surface area contributed by atoms with Gasteiger partial charge in [0.25, 0.3) is 0 Å². The van der Waals surface area contributed by atoms with Crippen LogP contribution < -0.4 is 10.1 Å². The summed E-state index contributed by atoms with van der Waals surface area (Å²) in [6.07, 6.45) is 0.776. The SMILES string of the molecule is COC(=O)c1c(NC(=O)CCCOc2cccc(C)c2)sc(C)c1-c1ccc(F)cc1. The first-order chi connectivity index (χ1) is 14.9. The van der Waals surface area contributed by atoms with E-state index in [1.807, 2.05) is 38.1 Å². The van der Waals surface area contributed by atoms with Crippen LogP contribution in [0.4, 0.5) is 9.39 Å². The largest absolute Gasteiger partial charge is 0.494 e. The van der Waals surface area contributed by atoms with Crippen LogP contribution in [0.3, 0.4) is 0 Å². The fourth-order valence-corrected chi connectivity index (χ4v) is 4.29. The van der Waals surface area contributed by atoms with Crippen molar-refractivity contribution < 1.29 is 23.5 Å². The number of aryl methyl sites for hydroxylation is 2. The van der Waals surface area contributed by atoms with Crippen LogP contribution in [0.15, 0.2) is 48.5 Å². The molecule has 1 aromatic heterocycles. The Morgan fingerprint density at radius 3 is 2.52 bits per heavy atom. The van der Waals surface area contributed by atoms with E-state index in [-0.39, 0.29) is 23.7 Å². The number of halogens is 1. The molecule has 0 aliphatic rings. The Hall–Kier alpha value is -3.19. The van der Waals surface area contributed by atoms with Gasteiger partial charge in [-0.1, -0.05) is 24.3 Å². The highest BCUT2D eigenvalue weighted by Crippen LogP contribution is 2.40. The predicted molar refractivity (Wildman–Crippen MR) is 120 cm³/mol. The molecule has 3 aromatic rings. The van der Waals surface area contributed by atoms with Crippen molar-refractivity contribution in [1.82, 2.24) is 0 Å². The molecule has 7 heteroatoms. The molecule has 5 nitrogen and oxygen atoms in total. The average molecular weight is 442 g/mol. The molecule has 0 saturated carbocycles. The van der Waals surface area contributed by atoms with E-state index in [1.165, 1.54) is 30.6 Å². The van der Waals surface area contributed by atoms with Gasteiger partial charge in [-0.2, -0.15) is 0 Å². The number of methoxy groups -OCH3 is 1. The Morgan fingerprint density at radius 2 is 1.84 bits per heavy atom. The highest BCUT2D eigenvalue weighted by atomic mass is 32.1. The number of amides is 1. The standard InChI is InChI=1S/C24H24FNO4S/c1-15-6-4-7-19(14-15)30-13-5-8-20(27)26-23-22(24(28)29-3)21(16(2)31-23)17-9-11-18(25)12-10-17/h4,6-7,9-12,14H,5,8,13H2,1-3H3,(H,26,27). The van der Waals surface area contributed by atoms with Crippen LogP contribution >= 0.6 is 11.3 Å². The number of anilines is 1. The zero-order valence-electron chi connectivity index (χ0n) is 17.7. The quantitative estimate of drug-likeness (QED) is 0.357. The van der Waals surface area contributed by atoms with Gasteiger partial charge in [0.05, 0.1) is 13.7 Å². The molecule has 1 heterocycles. The van der Waals surface area contributed by atoms with Gasteiger partial charge in [0.1, 0.15) is 22.1 Å². The van der Waals surface area contributed by atoms with Crippen LogP contribution in [0, 0.1) is 19.7 Å². The number of rotatable bonds is 8. The topological polar surface area (TPSA) is 64.6 Å². The molecule has 0 saturated heterocycles. The second-order valence-corrected chi connectivity index (χ2v) is 8.28. The number of ether oxygens (including phenoxy) is 2. The first-order valence-electron chi connectivity index (χ1n) is 9.86. The molecule has 0 fully saturated rings. The summed E-state index contributed by atoms with van der Waals surface area (Å²) in [5.41, 5.74) is 2.70. The third-order valence-electron chi connectivity index (χ3n) is 4.67. The molecule has 1 N–H and O–H groups in total. The number of nitrogens with one attached hydrogen (secondary N) is 1. The number of carbonyl (C=O) groups excluding carboxylic acids is 2. The van der Waals surface area contributed by atoms with Gasteiger partial charge in [-0.15, -0.1) is 11.3 Å². The highest BCUT2D eigenvalue weighted by Gasteiger charge is 2.25. The molecule has 1 amide bonds. The number of carbonyl (C=O) groups is 2. The first kappa shape index (κ1) is 22.5. The molecular weight excluding hydrogens is 417 g/mol. The minimum Gasteiger partial charge on any atom is -0.494 e. The second kappa shape index (κ2) is 10.2. The summed E-state index contributed by atoms with van der Waals surface area (Å²) in [6, 6.07) is 13.6. The molecular formula is C24H24FNO4S. The zero-order chi connectivity index (χ0) is 22.4. The summed E-state index contributed by atoms with van der Waals surface area (Å²) < 4.78 is 23.9. The number of benzene rings is 2. The van der Waals surface area contributed by atoms with Crippen LogP contribution in [0.1, 0.15) is 33.6 Å². The maximum absolute atomic E-state index is 13.3. The lowest BCUT2D eigenvalue weighted by Gasteiger charge is -2.09. The Labute approximate surface area is 184 Å². The van der Waals surface area contributed by atoms with Crippen LogP contribution in [0.25, 0.3) is 11.1 Å². The lowest BCUT2D eigenvalue weighted by atomic mass is 10.0. The van der Waals surface area contributed by atoms with Crippen molar-refractivity contribution in [2.24, 2.45) is 0 Å². The van der Waals surface area contributed by atoms with Gasteiger partial charge in [-0.25, -0.2) is 9.18 Å². The molecule has 0 atom stereocenters. The lowest BCUT2D eigenvalue weighted by molar-refractivity contribution is -0.116. The van der Waals surface area contributed by atoms with E-state index in [9.17, 15) is 14.0 Å². The van der Waals surface area contributed by atoms with Crippen LogP contribution in [0.5, 0.6) is 5.75 Å². The van der Waals surface area contributed by atoms with Crippen LogP contribution in [-0.2, 0) is 9.53 Å². The maximum atomic E-state index is 13.3. The van der Waals surface area contributed by atoms with E-state index in [4.69, 9.17) is 9.47 Å². The first-order valence-corrected chi connectivity index (χ1v) is 10.7. The summed E-state index contributed by atoms with van der Waals surface area (Å²) in [7, 11) is 1.29. The molecule has 2 aromatic carbocycles. The van der Waals surface area contributed by atoms with Crippen molar-refractivity contribution >= 4 is 28.2 Å². The summed E-state index contributed by atoms with van der Waals surface area (Å²) in [6.45, 7) is 4.24. The second-order valence-electron chi connectivity index (χ2n) is 7.05. The van der Waals surface area contributed by atoms with Gasteiger partial charge in [0, 0.05) is 16.9 Å². The number of thiophene rings is 1. The maximum Gasteiger partial charge on any atom is 0.341 e. The molecule has 3 rings (SSSR count). The minimum absolute atomic E-state index is 0.218. The summed E-state index contributed by atoms with van der Waals surface area (Å²) >= 11 is 1.29. The zero-order valence-corrected chi connectivity index (χ0v) is 18.5. The number of hydrogen-bond acceptors (Lipinski definition) is 5. The molecule has 0 spiro atoms.